The Bertz CT molecular complexity index is 415. The summed E-state index contributed by atoms with van der Waals surface area (Å²) in [5.74, 6) is -1.28. The van der Waals surface area contributed by atoms with Crippen molar-refractivity contribution in [2.24, 2.45) is 5.73 Å². The zero-order valence-corrected chi connectivity index (χ0v) is 14.3. The summed E-state index contributed by atoms with van der Waals surface area (Å²) in [7, 11) is 0. The first-order valence-corrected chi connectivity index (χ1v) is 7.43. The molecule has 0 aliphatic carbocycles. The van der Waals surface area contributed by atoms with Gasteiger partial charge in [0.05, 0.1) is 6.61 Å². The quantitative estimate of drug-likeness (QED) is 0.795. The molecule has 8 heteroatoms. The van der Waals surface area contributed by atoms with Crippen LogP contribution in [-0.4, -0.2) is 31.9 Å². The number of esters is 1. The standard InChI is InChI=1S/C8H10BrNO.C4H5F3O2.C2H6/c9-7-2-1-3-8(6-7)11-5-4-10;1-2-9-3(8)4(5,6)7;1-2/h1-3,6H,4-5,10H2;2H2,1H3;1-2H3. The number of ether oxygens (including phenoxy) is 2. The molecular weight excluding hydrogens is 367 g/mol. The van der Waals surface area contributed by atoms with Crippen LogP contribution in [0.25, 0.3) is 0 Å². The molecule has 0 radical (unpaired) electrons. The van der Waals surface area contributed by atoms with E-state index in [2.05, 4.69) is 20.7 Å². The van der Waals surface area contributed by atoms with Crippen molar-refractivity contribution in [1.82, 2.24) is 0 Å². The van der Waals surface area contributed by atoms with Crippen molar-refractivity contribution in [3.63, 3.8) is 0 Å². The van der Waals surface area contributed by atoms with E-state index in [4.69, 9.17) is 10.5 Å². The highest BCUT2D eigenvalue weighted by Crippen LogP contribution is 2.17. The predicted octanol–water partition coefficient (Wildman–Crippen LogP) is 3.92. The van der Waals surface area contributed by atoms with E-state index in [-0.39, 0.29) is 6.61 Å². The number of rotatable bonds is 4. The number of hydrogen-bond acceptors (Lipinski definition) is 4. The number of carbonyl (C=O) groups excluding carboxylic acids is 1. The zero-order valence-electron chi connectivity index (χ0n) is 12.7. The van der Waals surface area contributed by atoms with Crippen molar-refractivity contribution in [2.75, 3.05) is 19.8 Å². The van der Waals surface area contributed by atoms with Crippen LogP contribution in [0.15, 0.2) is 28.7 Å². The lowest BCUT2D eigenvalue weighted by atomic mass is 10.3. The lowest BCUT2D eigenvalue weighted by Gasteiger charge is -2.03. The monoisotopic (exact) mass is 387 g/mol. The smallest absolute Gasteiger partial charge is 0.490 e. The second-order valence-electron chi connectivity index (χ2n) is 3.31. The number of nitrogens with two attached hydrogens (primary N) is 1. The highest BCUT2D eigenvalue weighted by Gasteiger charge is 2.40. The molecule has 0 fully saturated rings. The lowest BCUT2D eigenvalue weighted by Crippen LogP contribution is -2.25. The third-order valence-corrected chi connectivity index (χ3v) is 2.18. The Hall–Kier alpha value is -1.28. The Morgan fingerprint density at radius 2 is 1.91 bits per heavy atom. The molecule has 0 unspecified atom stereocenters. The first kappa shape index (κ1) is 23.0. The van der Waals surface area contributed by atoms with Crippen LogP contribution >= 0.6 is 15.9 Å². The van der Waals surface area contributed by atoms with Crippen molar-refractivity contribution in [1.29, 1.82) is 0 Å². The fourth-order valence-corrected chi connectivity index (χ4v) is 1.32. The first-order chi connectivity index (χ1) is 10.3. The molecule has 0 atom stereocenters. The maximum Gasteiger partial charge on any atom is 0.490 e. The molecule has 1 aromatic carbocycles. The maximum atomic E-state index is 11.2. The van der Waals surface area contributed by atoms with Gasteiger partial charge >= 0.3 is 12.1 Å². The molecule has 0 amide bonds. The van der Waals surface area contributed by atoms with Crippen LogP contribution < -0.4 is 10.5 Å². The Balaban J connectivity index is 0. The second-order valence-corrected chi connectivity index (χ2v) is 4.23. The van der Waals surface area contributed by atoms with Crippen LogP contribution in [0.4, 0.5) is 13.2 Å². The van der Waals surface area contributed by atoms with Gasteiger partial charge in [0, 0.05) is 11.0 Å². The van der Waals surface area contributed by atoms with E-state index in [9.17, 15) is 18.0 Å². The molecule has 0 saturated carbocycles. The highest BCUT2D eigenvalue weighted by atomic mass is 79.9. The Morgan fingerprint density at radius 3 is 2.27 bits per heavy atom. The fraction of sp³-hybridized carbons (Fsp3) is 0.500. The summed E-state index contributed by atoms with van der Waals surface area (Å²) in [4.78, 5) is 9.72. The lowest BCUT2D eigenvalue weighted by molar-refractivity contribution is -0.199. The second kappa shape index (κ2) is 13.4. The van der Waals surface area contributed by atoms with Gasteiger partial charge in [-0.05, 0) is 25.1 Å². The van der Waals surface area contributed by atoms with Gasteiger partial charge in [-0.3, -0.25) is 0 Å². The normalized spacial score (nSPS) is 9.64. The van der Waals surface area contributed by atoms with E-state index in [0.717, 1.165) is 10.2 Å². The zero-order chi connectivity index (χ0) is 17.6. The molecular formula is C14H21BrF3NO3. The molecule has 0 aliphatic heterocycles. The largest absolute Gasteiger partial charge is 0.492 e. The first-order valence-electron chi connectivity index (χ1n) is 6.63. The van der Waals surface area contributed by atoms with Gasteiger partial charge in [-0.1, -0.05) is 35.8 Å². The van der Waals surface area contributed by atoms with Crippen molar-refractivity contribution in [3.05, 3.63) is 28.7 Å². The number of carbonyl (C=O) groups is 1. The molecule has 0 saturated heterocycles. The molecule has 0 spiro atoms. The molecule has 0 bridgehead atoms. The van der Waals surface area contributed by atoms with Gasteiger partial charge in [-0.15, -0.1) is 0 Å². The van der Waals surface area contributed by atoms with Gasteiger partial charge in [0.25, 0.3) is 0 Å². The van der Waals surface area contributed by atoms with Crippen LogP contribution in [0, 0.1) is 0 Å². The van der Waals surface area contributed by atoms with E-state index in [1.54, 1.807) is 0 Å². The van der Waals surface area contributed by atoms with Crippen molar-refractivity contribution < 1.29 is 27.4 Å². The summed E-state index contributed by atoms with van der Waals surface area (Å²) in [6, 6.07) is 7.70. The molecule has 1 aromatic rings. The molecule has 0 heterocycles. The topological polar surface area (TPSA) is 61.5 Å². The number of benzene rings is 1. The van der Waals surface area contributed by atoms with Crippen molar-refractivity contribution >= 4 is 21.9 Å². The summed E-state index contributed by atoms with van der Waals surface area (Å²) in [6.45, 7) is 6.17. The van der Waals surface area contributed by atoms with Crippen LogP contribution in [0.2, 0.25) is 0 Å². The van der Waals surface area contributed by atoms with E-state index < -0.39 is 12.1 Å². The Labute approximate surface area is 136 Å². The van der Waals surface area contributed by atoms with Crippen LogP contribution in [-0.2, 0) is 9.53 Å². The van der Waals surface area contributed by atoms with Gasteiger partial charge in [-0.2, -0.15) is 13.2 Å². The molecule has 128 valence electrons. The molecule has 22 heavy (non-hydrogen) atoms. The van der Waals surface area contributed by atoms with E-state index in [1.807, 2.05) is 38.1 Å². The number of halogens is 4. The van der Waals surface area contributed by atoms with Gasteiger partial charge in [0.1, 0.15) is 12.4 Å². The van der Waals surface area contributed by atoms with Crippen molar-refractivity contribution in [3.8, 4) is 5.75 Å². The number of hydrogen-bond donors (Lipinski definition) is 1. The van der Waals surface area contributed by atoms with Gasteiger partial charge < -0.3 is 15.2 Å². The average Bonchev–Trinajstić information content (AvgIpc) is 2.47. The van der Waals surface area contributed by atoms with Gasteiger partial charge in [-0.25, -0.2) is 4.79 Å². The molecule has 0 aromatic heterocycles. The van der Waals surface area contributed by atoms with E-state index in [1.165, 1.54) is 6.92 Å². The Morgan fingerprint density at radius 1 is 1.32 bits per heavy atom. The SMILES string of the molecule is CC.CCOC(=O)C(F)(F)F.NCCOc1cccc(Br)c1. The third-order valence-electron chi connectivity index (χ3n) is 1.69. The highest BCUT2D eigenvalue weighted by molar-refractivity contribution is 9.10. The Kier molecular flexibility index (Phi) is 14.0. The molecule has 2 N–H and O–H groups in total. The van der Waals surface area contributed by atoms with Crippen molar-refractivity contribution in [2.45, 2.75) is 26.9 Å². The van der Waals surface area contributed by atoms with Gasteiger partial charge in [0.15, 0.2) is 0 Å². The summed E-state index contributed by atoms with van der Waals surface area (Å²) in [5.41, 5.74) is 5.28. The molecule has 4 nitrogen and oxygen atoms in total. The molecule has 1 rings (SSSR count). The van der Waals surface area contributed by atoms with E-state index >= 15 is 0 Å². The minimum atomic E-state index is -4.85. The van der Waals surface area contributed by atoms with Crippen LogP contribution in [0.1, 0.15) is 20.8 Å². The maximum absolute atomic E-state index is 11.2. The predicted molar refractivity (Wildman–Crippen MR) is 82.7 cm³/mol. The minimum absolute atomic E-state index is 0.252. The third kappa shape index (κ3) is 12.5. The van der Waals surface area contributed by atoms with Crippen LogP contribution in [0.5, 0.6) is 5.75 Å². The molecule has 0 aliphatic rings. The summed E-state index contributed by atoms with van der Waals surface area (Å²) in [5, 5.41) is 0. The fourth-order valence-electron chi connectivity index (χ4n) is 0.946. The average molecular weight is 388 g/mol. The summed E-state index contributed by atoms with van der Waals surface area (Å²) >= 11 is 3.34. The van der Waals surface area contributed by atoms with Crippen LogP contribution in [0.3, 0.4) is 0 Å². The number of alkyl halides is 3. The van der Waals surface area contributed by atoms with E-state index in [0.29, 0.717) is 13.2 Å². The summed E-state index contributed by atoms with van der Waals surface area (Å²) < 4.78 is 43.4. The summed E-state index contributed by atoms with van der Waals surface area (Å²) in [6.07, 6.45) is -4.85. The van der Waals surface area contributed by atoms with Gasteiger partial charge in [0.2, 0.25) is 0 Å². The minimum Gasteiger partial charge on any atom is -0.492 e.